The Morgan fingerprint density at radius 3 is 2.46 bits per heavy atom. The number of nitrogens with zero attached hydrogens (tertiary/aromatic N) is 1. The van der Waals surface area contributed by atoms with Gasteiger partial charge >= 0.3 is 6.18 Å². The Morgan fingerprint density at radius 2 is 2.00 bits per heavy atom. The molecule has 0 saturated heterocycles. The van der Waals surface area contributed by atoms with Crippen LogP contribution in [0.4, 0.5) is 13.2 Å². The molecule has 13 heavy (non-hydrogen) atoms. The van der Waals surface area contributed by atoms with Gasteiger partial charge in [0, 0.05) is 6.07 Å². The normalized spacial score (nSPS) is 11.5. The van der Waals surface area contributed by atoms with E-state index in [1.165, 1.54) is 7.11 Å². The number of ether oxygens (including phenoxy) is 1. The summed E-state index contributed by atoms with van der Waals surface area (Å²) >= 11 is 2.86. The largest absolute Gasteiger partial charge is 0.481 e. The quantitative estimate of drug-likeness (QED) is 0.721. The van der Waals surface area contributed by atoms with E-state index in [1.807, 2.05) is 0 Å². The molecule has 2 nitrogen and oxygen atoms in total. The van der Waals surface area contributed by atoms with Gasteiger partial charge in [0.2, 0.25) is 5.88 Å². The van der Waals surface area contributed by atoms with Crippen LogP contribution in [0.1, 0.15) is 5.56 Å². The van der Waals surface area contributed by atoms with Crippen molar-refractivity contribution in [3.63, 3.8) is 0 Å². The lowest BCUT2D eigenvalue weighted by Crippen LogP contribution is -2.05. The monoisotopic (exact) mass is 255 g/mol. The maximum absolute atomic E-state index is 12.2. The number of rotatable bonds is 1. The average molecular weight is 256 g/mol. The first-order valence-corrected chi connectivity index (χ1v) is 4.01. The molecule has 0 aliphatic rings. The second-order valence-electron chi connectivity index (χ2n) is 2.22. The van der Waals surface area contributed by atoms with Crippen LogP contribution in [-0.2, 0) is 6.18 Å². The molecule has 1 heterocycles. The van der Waals surface area contributed by atoms with Crippen molar-refractivity contribution in [2.75, 3.05) is 7.11 Å². The van der Waals surface area contributed by atoms with E-state index in [2.05, 4.69) is 25.7 Å². The molecule has 0 atom stereocenters. The first kappa shape index (κ1) is 10.3. The summed E-state index contributed by atoms with van der Waals surface area (Å²) in [6, 6.07) is 1.73. The number of aromatic nitrogens is 1. The lowest BCUT2D eigenvalue weighted by atomic mass is 10.2. The SMILES string of the molecule is COc1cc(C(F)(F)F)cc(Br)n1. The highest BCUT2D eigenvalue weighted by atomic mass is 79.9. The van der Waals surface area contributed by atoms with Crippen molar-refractivity contribution in [1.29, 1.82) is 0 Å². The van der Waals surface area contributed by atoms with Gasteiger partial charge in [0.25, 0.3) is 0 Å². The zero-order valence-corrected chi connectivity index (χ0v) is 8.11. The third-order valence-electron chi connectivity index (χ3n) is 1.31. The van der Waals surface area contributed by atoms with Crippen molar-refractivity contribution < 1.29 is 17.9 Å². The van der Waals surface area contributed by atoms with E-state index < -0.39 is 11.7 Å². The molecule has 72 valence electrons. The van der Waals surface area contributed by atoms with E-state index in [-0.39, 0.29) is 10.5 Å². The van der Waals surface area contributed by atoms with Crippen molar-refractivity contribution in [1.82, 2.24) is 4.98 Å². The molecule has 1 aromatic heterocycles. The van der Waals surface area contributed by atoms with Crippen LogP contribution >= 0.6 is 15.9 Å². The molecule has 0 unspecified atom stereocenters. The molecule has 0 aromatic carbocycles. The molecule has 0 aliphatic carbocycles. The third kappa shape index (κ3) is 2.58. The molecule has 0 fully saturated rings. The van der Waals surface area contributed by atoms with Crippen LogP contribution in [0.15, 0.2) is 16.7 Å². The highest BCUT2D eigenvalue weighted by Crippen LogP contribution is 2.32. The molecule has 0 aliphatic heterocycles. The minimum Gasteiger partial charge on any atom is -0.481 e. The molecule has 0 bridgehead atoms. The molecular weight excluding hydrogens is 251 g/mol. The number of pyridine rings is 1. The summed E-state index contributed by atoms with van der Waals surface area (Å²) in [5.74, 6) is -0.0679. The average Bonchev–Trinajstić information content (AvgIpc) is 2.01. The van der Waals surface area contributed by atoms with Gasteiger partial charge in [-0.2, -0.15) is 13.2 Å². The summed E-state index contributed by atoms with van der Waals surface area (Å²) in [6.45, 7) is 0. The fourth-order valence-corrected chi connectivity index (χ4v) is 1.16. The zero-order valence-electron chi connectivity index (χ0n) is 6.52. The predicted octanol–water partition coefficient (Wildman–Crippen LogP) is 2.87. The Morgan fingerprint density at radius 1 is 1.38 bits per heavy atom. The van der Waals surface area contributed by atoms with E-state index in [1.54, 1.807) is 0 Å². The lowest BCUT2D eigenvalue weighted by molar-refractivity contribution is -0.137. The molecule has 0 N–H and O–H groups in total. The number of hydrogen-bond donors (Lipinski definition) is 0. The number of methoxy groups -OCH3 is 1. The van der Waals surface area contributed by atoms with Crippen molar-refractivity contribution in [2.24, 2.45) is 0 Å². The second kappa shape index (κ2) is 3.53. The van der Waals surface area contributed by atoms with Gasteiger partial charge in [0.15, 0.2) is 0 Å². The number of alkyl halides is 3. The number of hydrogen-bond acceptors (Lipinski definition) is 2. The maximum Gasteiger partial charge on any atom is 0.416 e. The van der Waals surface area contributed by atoms with Crippen molar-refractivity contribution in [3.8, 4) is 5.88 Å². The van der Waals surface area contributed by atoms with Gasteiger partial charge in [0.05, 0.1) is 12.7 Å². The Hall–Kier alpha value is -0.780. The van der Waals surface area contributed by atoms with Crippen molar-refractivity contribution in [3.05, 3.63) is 22.3 Å². The lowest BCUT2D eigenvalue weighted by Gasteiger charge is -2.07. The van der Waals surface area contributed by atoms with Gasteiger partial charge in [0.1, 0.15) is 4.60 Å². The van der Waals surface area contributed by atoms with Crippen LogP contribution in [0.25, 0.3) is 0 Å². The van der Waals surface area contributed by atoms with Gasteiger partial charge in [-0.05, 0) is 22.0 Å². The Balaban J connectivity index is 3.16. The van der Waals surface area contributed by atoms with Crippen LogP contribution in [0.3, 0.4) is 0 Å². The summed E-state index contributed by atoms with van der Waals surface area (Å²) in [5, 5.41) is 0. The van der Waals surface area contributed by atoms with Gasteiger partial charge in [-0.3, -0.25) is 0 Å². The Kier molecular flexibility index (Phi) is 2.80. The van der Waals surface area contributed by atoms with E-state index in [9.17, 15) is 13.2 Å². The smallest absolute Gasteiger partial charge is 0.416 e. The molecule has 0 spiro atoms. The first-order chi connectivity index (χ1) is 5.93. The van der Waals surface area contributed by atoms with Crippen LogP contribution in [0.2, 0.25) is 0 Å². The molecule has 1 rings (SSSR count). The van der Waals surface area contributed by atoms with E-state index >= 15 is 0 Å². The summed E-state index contributed by atoms with van der Waals surface area (Å²) in [6.07, 6.45) is -4.38. The maximum atomic E-state index is 12.2. The topological polar surface area (TPSA) is 22.1 Å². The number of halogens is 4. The van der Waals surface area contributed by atoms with Gasteiger partial charge in [-0.1, -0.05) is 0 Å². The predicted molar refractivity (Wildman–Crippen MR) is 43.5 cm³/mol. The highest BCUT2D eigenvalue weighted by Gasteiger charge is 2.31. The first-order valence-electron chi connectivity index (χ1n) is 3.22. The summed E-state index contributed by atoms with van der Waals surface area (Å²) < 4.78 is 41.2. The second-order valence-corrected chi connectivity index (χ2v) is 3.03. The van der Waals surface area contributed by atoms with Crippen LogP contribution in [0.5, 0.6) is 5.88 Å². The van der Waals surface area contributed by atoms with Crippen molar-refractivity contribution >= 4 is 15.9 Å². The van der Waals surface area contributed by atoms with E-state index in [0.29, 0.717) is 0 Å². The van der Waals surface area contributed by atoms with Crippen LogP contribution in [0, 0.1) is 0 Å². The summed E-state index contributed by atoms with van der Waals surface area (Å²) in [5.41, 5.74) is -0.786. The molecule has 0 radical (unpaired) electrons. The summed E-state index contributed by atoms with van der Waals surface area (Å²) in [4.78, 5) is 3.66. The van der Waals surface area contributed by atoms with Gasteiger partial charge < -0.3 is 4.74 Å². The van der Waals surface area contributed by atoms with E-state index in [4.69, 9.17) is 0 Å². The molecular formula is C7H5BrF3NO. The standard InChI is InChI=1S/C7H5BrF3NO/c1-13-6-3-4(7(9,10)11)2-5(8)12-6/h2-3H,1H3. The Labute approximate surface area is 80.9 Å². The fraction of sp³-hybridized carbons (Fsp3) is 0.286. The highest BCUT2D eigenvalue weighted by molar-refractivity contribution is 9.10. The third-order valence-corrected chi connectivity index (χ3v) is 1.71. The molecule has 0 saturated carbocycles. The molecule has 1 aromatic rings. The molecule has 0 amide bonds. The van der Waals surface area contributed by atoms with Crippen LogP contribution < -0.4 is 4.74 Å². The minimum absolute atomic E-state index is 0.0679. The molecule has 6 heteroatoms. The summed E-state index contributed by atoms with van der Waals surface area (Å²) in [7, 11) is 1.26. The minimum atomic E-state index is -4.38. The van der Waals surface area contributed by atoms with Gasteiger partial charge in [-0.25, -0.2) is 4.98 Å². The van der Waals surface area contributed by atoms with Gasteiger partial charge in [-0.15, -0.1) is 0 Å². The van der Waals surface area contributed by atoms with E-state index in [0.717, 1.165) is 12.1 Å². The fourth-order valence-electron chi connectivity index (χ4n) is 0.741. The van der Waals surface area contributed by atoms with Crippen molar-refractivity contribution in [2.45, 2.75) is 6.18 Å². The zero-order chi connectivity index (χ0) is 10.1. The Bertz CT molecular complexity index is 313. The van der Waals surface area contributed by atoms with Crippen LogP contribution in [-0.4, -0.2) is 12.1 Å².